The Morgan fingerprint density at radius 1 is 1.15 bits per heavy atom. The molecule has 0 saturated heterocycles. The molecule has 9 heteroatoms. The molecule has 41 heavy (non-hydrogen) atoms. The van der Waals surface area contributed by atoms with E-state index in [1.807, 2.05) is 50.6 Å². The number of esters is 1. The summed E-state index contributed by atoms with van der Waals surface area (Å²) in [4.78, 5) is 13.1. The van der Waals surface area contributed by atoms with Crippen LogP contribution in [0.15, 0.2) is 42.5 Å². The lowest BCUT2D eigenvalue weighted by molar-refractivity contribution is 0.0588. The number of carbonyl (C=O) groups is 1. The highest BCUT2D eigenvalue weighted by Gasteiger charge is 2.29. The van der Waals surface area contributed by atoms with Crippen molar-refractivity contribution < 1.29 is 18.7 Å². The third kappa shape index (κ3) is 4.91. The summed E-state index contributed by atoms with van der Waals surface area (Å²) >= 11 is 6.80. The second-order valence-electron chi connectivity index (χ2n) is 10.0. The molecule has 0 amide bonds. The van der Waals surface area contributed by atoms with Crippen molar-refractivity contribution in [2.24, 2.45) is 7.05 Å². The van der Waals surface area contributed by atoms with Crippen LogP contribution >= 0.6 is 11.6 Å². The second kappa shape index (κ2) is 11.3. The SMILES string of the molecule is CCc1nn(C)c(C)c1-c1c(Cl)ccc2c1c(C#N)c(C(=O)OC)n2CCCOc1cc(C)cc2cc(F)ccc12. The molecule has 0 aliphatic carbocycles. The summed E-state index contributed by atoms with van der Waals surface area (Å²) < 4.78 is 28.7. The van der Waals surface area contributed by atoms with E-state index in [0.717, 1.165) is 33.3 Å². The van der Waals surface area contributed by atoms with Gasteiger partial charge in [0, 0.05) is 46.2 Å². The lowest BCUT2D eigenvalue weighted by Gasteiger charge is -2.13. The fourth-order valence-corrected chi connectivity index (χ4v) is 5.79. The topological polar surface area (TPSA) is 82.1 Å². The van der Waals surface area contributed by atoms with E-state index in [9.17, 15) is 14.4 Å². The van der Waals surface area contributed by atoms with Crippen molar-refractivity contribution in [3.05, 3.63) is 81.5 Å². The molecular weight excluding hydrogens is 543 g/mol. The van der Waals surface area contributed by atoms with Crippen LogP contribution in [0.4, 0.5) is 4.39 Å². The van der Waals surface area contributed by atoms with Gasteiger partial charge >= 0.3 is 5.97 Å². The number of aryl methyl sites for hydroxylation is 4. The Hall–Kier alpha value is -4.35. The summed E-state index contributed by atoms with van der Waals surface area (Å²) in [5.41, 5.74) is 5.35. The highest BCUT2D eigenvalue weighted by molar-refractivity contribution is 6.35. The number of hydrogen-bond acceptors (Lipinski definition) is 5. The Labute approximate surface area is 242 Å². The molecule has 0 aliphatic rings. The summed E-state index contributed by atoms with van der Waals surface area (Å²) in [5, 5.41) is 17.6. The van der Waals surface area contributed by atoms with Gasteiger partial charge in [-0.3, -0.25) is 4.68 Å². The van der Waals surface area contributed by atoms with Crippen LogP contribution in [-0.2, 0) is 24.8 Å². The normalized spacial score (nSPS) is 11.3. The Balaban J connectivity index is 1.57. The van der Waals surface area contributed by atoms with E-state index in [2.05, 4.69) is 11.2 Å². The molecule has 0 unspecified atom stereocenters. The molecule has 7 nitrogen and oxygen atoms in total. The largest absolute Gasteiger partial charge is 0.493 e. The molecule has 0 radical (unpaired) electrons. The Morgan fingerprint density at radius 3 is 2.63 bits per heavy atom. The number of aromatic nitrogens is 3. The standard InChI is InChI=1S/C32H30ClFN4O3/c1-6-25-28(19(3)37(4)36-25)30-24(33)10-11-26-29(30)23(17-35)31(32(39)40-5)38(26)12-7-13-41-27-15-18(2)14-20-16-21(34)8-9-22(20)27/h8-11,14-16H,6-7,12-13H2,1-5H3. The number of halogens is 2. The molecule has 3 aromatic carbocycles. The molecule has 0 aliphatic heterocycles. The maximum absolute atomic E-state index is 13.8. The lowest BCUT2D eigenvalue weighted by Crippen LogP contribution is -2.14. The summed E-state index contributed by atoms with van der Waals surface area (Å²) in [6, 6.07) is 14.3. The van der Waals surface area contributed by atoms with Gasteiger partial charge in [-0.15, -0.1) is 0 Å². The van der Waals surface area contributed by atoms with Gasteiger partial charge in [-0.25, -0.2) is 9.18 Å². The predicted octanol–water partition coefficient (Wildman–Crippen LogP) is 7.29. The van der Waals surface area contributed by atoms with Crippen molar-refractivity contribution in [3.8, 4) is 22.9 Å². The van der Waals surface area contributed by atoms with Gasteiger partial charge < -0.3 is 14.0 Å². The van der Waals surface area contributed by atoms with E-state index in [-0.39, 0.29) is 17.1 Å². The van der Waals surface area contributed by atoms with E-state index in [0.29, 0.717) is 53.2 Å². The number of rotatable bonds is 8. The molecule has 0 atom stereocenters. The highest BCUT2D eigenvalue weighted by Crippen LogP contribution is 2.42. The van der Waals surface area contributed by atoms with Crippen LogP contribution in [0.1, 0.15) is 46.3 Å². The minimum absolute atomic E-state index is 0.171. The Kier molecular flexibility index (Phi) is 7.74. The van der Waals surface area contributed by atoms with Crippen molar-refractivity contribution in [1.82, 2.24) is 14.3 Å². The molecular formula is C32H30ClFN4O3. The summed E-state index contributed by atoms with van der Waals surface area (Å²) in [5.74, 6) is -0.244. The van der Waals surface area contributed by atoms with Crippen LogP contribution in [0.3, 0.4) is 0 Å². The van der Waals surface area contributed by atoms with Gasteiger partial charge in [0.05, 0.1) is 30.5 Å². The first-order chi connectivity index (χ1) is 19.7. The number of fused-ring (bicyclic) bond motifs is 2. The average molecular weight is 573 g/mol. The molecule has 0 saturated carbocycles. The van der Waals surface area contributed by atoms with E-state index < -0.39 is 5.97 Å². The fraction of sp³-hybridized carbons (Fsp3) is 0.281. The monoisotopic (exact) mass is 572 g/mol. The van der Waals surface area contributed by atoms with Crippen LogP contribution < -0.4 is 4.74 Å². The maximum atomic E-state index is 13.8. The van der Waals surface area contributed by atoms with E-state index in [4.69, 9.17) is 21.1 Å². The third-order valence-corrected chi connectivity index (χ3v) is 7.78. The van der Waals surface area contributed by atoms with Crippen molar-refractivity contribution in [1.29, 1.82) is 5.26 Å². The molecule has 5 rings (SSSR count). The predicted molar refractivity (Wildman–Crippen MR) is 158 cm³/mol. The Morgan fingerprint density at radius 2 is 1.93 bits per heavy atom. The van der Waals surface area contributed by atoms with E-state index in [1.54, 1.807) is 16.8 Å². The van der Waals surface area contributed by atoms with Crippen molar-refractivity contribution in [2.45, 2.75) is 40.2 Å². The van der Waals surface area contributed by atoms with Gasteiger partial charge in [0.2, 0.25) is 0 Å². The van der Waals surface area contributed by atoms with Crippen LogP contribution in [0.5, 0.6) is 5.75 Å². The number of benzene rings is 3. The zero-order valence-electron chi connectivity index (χ0n) is 23.6. The zero-order chi connectivity index (χ0) is 29.4. The first-order valence-corrected chi connectivity index (χ1v) is 13.8. The number of ether oxygens (including phenoxy) is 2. The molecule has 2 heterocycles. The molecule has 5 aromatic rings. The quantitative estimate of drug-likeness (QED) is 0.144. The van der Waals surface area contributed by atoms with Gasteiger partial charge in [-0.1, -0.05) is 24.6 Å². The average Bonchev–Trinajstić information content (AvgIpc) is 3.42. The van der Waals surface area contributed by atoms with E-state index >= 15 is 0 Å². The van der Waals surface area contributed by atoms with Gasteiger partial charge in [0.15, 0.2) is 0 Å². The number of carbonyl (C=O) groups excluding carboxylic acids is 1. The molecule has 0 N–H and O–H groups in total. The van der Waals surface area contributed by atoms with E-state index in [1.165, 1.54) is 19.2 Å². The molecule has 0 fully saturated rings. The fourth-order valence-electron chi connectivity index (χ4n) is 5.53. The van der Waals surface area contributed by atoms with Gasteiger partial charge in [0.25, 0.3) is 0 Å². The highest BCUT2D eigenvalue weighted by atomic mass is 35.5. The molecule has 2 aromatic heterocycles. The minimum Gasteiger partial charge on any atom is -0.493 e. The van der Waals surface area contributed by atoms with Gasteiger partial charge in [-0.2, -0.15) is 10.4 Å². The van der Waals surface area contributed by atoms with Gasteiger partial charge in [0.1, 0.15) is 23.3 Å². The lowest BCUT2D eigenvalue weighted by atomic mass is 9.96. The summed E-state index contributed by atoms with van der Waals surface area (Å²) in [6.07, 6.45) is 1.20. The number of nitrogens with zero attached hydrogens (tertiary/aromatic N) is 4. The molecule has 0 spiro atoms. The third-order valence-electron chi connectivity index (χ3n) is 7.47. The zero-order valence-corrected chi connectivity index (χ0v) is 24.4. The number of hydrogen-bond donors (Lipinski definition) is 0. The van der Waals surface area contributed by atoms with Crippen molar-refractivity contribution in [3.63, 3.8) is 0 Å². The molecule has 0 bridgehead atoms. The van der Waals surface area contributed by atoms with Crippen LogP contribution in [0.2, 0.25) is 5.02 Å². The summed E-state index contributed by atoms with van der Waals surface area (Å²) in [6.45, 7) is 6.63. The smallest absolute Gasteiger partial charge is 0.356 e. The number of methoxy groups -OCH3 is 1. The minimum atomic E-state index is -0.605. The van der Waals surface area contributed by atoms with Crippen LogP contribution in [0, 0.1) is 31.0 Å². The second-order valence-corrected chi connectivity index (χ2v) is 10.4. The first kappa shape index (κ1) is 28.2. The Bertz CT molecular complexity index is 1860. The number of nitriles is 1. The first-order valence-electron chi connectivity index (χ1n) is 13.4. The summed E-state index contributed by atoms with van der Waals surface area (Å²) in [7, 11) is 3.17. The molecule has 210 valence electrons. The van der Waals surface area contributed by atoms with Gasteiger partial charge in [-0.05, 0) is 74.0 Å². The maximum Gasteiger partial charge on any atom is 0.356 e. The van der Waals surface area contributed by atoms with Crippen molar-refractivity contribution in [2.75, 3.05) is 13.7 Å². The van der Waals surface area contributed by atoms with Crippen LogP contribution in [0.25, 0.3) is 32.8 Å². The van der Waals surface area contributed by atoms with Crippen molar-refractivity contribution >= 4 is 39.2 Å². The van der Waals surface area contributed by atoms with Crippen LogP contribution in [-0.4, -0.2) is 34.0 Å².